The summed E-state index contributed by atoms with van der Waals surface area (Å²) in [6.07, 6.45) is -4.33. The topological polar surface area (TPSA) is 32.3 Å². The third kappa shape index (κ3) is 2.37. The number of nitrogens with one attached hydrogen (secondary N) is 1. The minimum atomic E-state index is -4.97. The van der Waals surface area contributed by atoms with Gasteiger partial charge >= 0.3 is 6.18 Å². The second kappa shape index (κ2) is 4.66. The van der Waals surface area contributed by atoms with Crippen LogP contribution in [0.3, 0.4) is 0 Å². The fourth-order valence-electron chi connectivity index (χ4n) is 2.64. The van der Waals surface area contributed by atoms with Gasteiger partial charge in [-0.2, -0.15) is 13.2 Å². The number of rotatable bonds is 1. The summed E-state index contributed by atoms with van der Waals surface area (Å²) in [5.74, 6) is -4.14. The third-order valence-corrected chi connectivity index (χ3v) is 3.79. The molecule has 2 atom stereocenters. The van der Waals surface area contributed by atoms with Crippen molar-refractivity contribution in [1.82, 2.24) is 10.2 Å². The molecule has 1 heterocycles. The predicted octanol–water partition coefficient (Wildman–Crippen LogP) is 2.17. The standard InChI is InChI=1S/C13H11F5N2O/c14-7-2-1-6(13(16,17)18)11(15)10(7)12(21)20-4-3-19-8-5-9(8)20/h1-2,8-9,19H,3-5H2. The molecular weight excluding hydrogens is 295 g/mol. The minimum absolute atomic E-state index is 0.0691. The first kappa shape index (κ1) is 14.2. The van der Waals surface area contributed by atoms with E-state index in [-0.39, 0.29) is 18.6 Å². The van der Waals surface area contributed by atoms with Gasteiger partial charge in [-0.3, -0.25) is 4.79 Å². The van der Waals surface area contributed by atoms with Gasteiger partial charge in [-0.1, -0.05) is 0 Å². The zero-order valence-electron chi connectivity index (χ0n) is 10.7. The van der Waals surface area contributed by atoms with E-state index < -0.39 is 34.8 Å². The lowest BCUT2D eigenvalue weighted by molar-refractivity contribution is -0.140. The van der Waals surface area contributed by atoms with Gasteiger partial charge in [0.25, 0.3) is 5.91 Å². The van der Waals surface area contributed by atoms with Crippen LogP contribution in [-0.4, -0.2) is 36.0 Å². The van der Waals surface area contributed by atoms with E-state index in [4.69, 9.17) is 0 Å². The molecule has 114 valence electrons. The Morgan fingerprint density at radius 1 is 1.29 bits per heavy atom. The van der Waals surface area contributed by atoms with Gasteiger partial charge in [-0.05, 0) is 18.6 Å². The summed E-state index contributed by atoms with van der Waals surface area (Å²) in [4.78, 5) is 13.4. The lowest BCUT2D eigenvalue weighted by Gasteiger charge is -2.27. The van der Waals surface area contributed by atoms with Gasteiger partial charge in [-0.15, -0.1) is 0 Å². The fraction of sp³-hybridized carbons (Fsp3) is 0.462. The van der Waals surface area contributed by atoms with Gasteiger partial charge in [0.1, 0.15) is 11.4 Å². The highest BCUT2D eigenvalue weighted by Gasteiger charge is 2.47. The van der Waals surface area contributed by atoms with Crippen LogP contribution in [0.2, 0.25) is 0 Å². The van der Waals surface area contributed by atoms with Crippen LogP contribution >= 0.6 is 0 Å². The SMILES string of the molecule is O=C(c1c(F)ccc(C(F)(F)F)c1F)N1CCNC2CC21. The minimum Gasteiger partial charge on any atom is -0.333 e. The summed E-state index contributed by atoms with van der Waals surface area (Å²) >= 11 is 0. The molecule has 1 saturated carbocycles. The zero-order valence-corrected chi connectivity index (χ0v) is 10.7. The van der Waals surface area contributed by atoms with E-state index in [1.807, 2.05) is 0 Å². The predicted molar refractivity (Wildman–Crippen MR) is 62.6 cm³/mol. The second-order valence-corrected chi connectivity index (χ2v) is 5.14. The molecule has 0 radical (unpaired) electrons. The van der Waals surface area contributed by atoms with Crippen LogP contribution in [0.5, 0.6) is 0 Å². The molecule has 2 unspecified atom stereocenters. The average molecular weight is 306 g/mol. The normalized spacial score (nSPS) is 24.7. The second-order valence-electron chi connectivity index (χ2n) is 5.14. The number of carbonyl (C=O) groups is 1. The summed E-state index contributed by atoms with van der Waals surface area (Å²) in [5, 5.41) is 3.10. The summed E-state index contributed by atoms with van der Waals surface area (Å²) < 4.78 is 65.6. The Bertz CT molecular complexity index is 601. The molecule has 3 rings (SSSR count). The van der Waals surface area contributed by atoms with Gasteiger partial charge in [0.05, 0.1) is 5.56 Å². The fourth-order valence-corrected chi connectivity index (χ4v) is 2.64. The third-order valence-electron chi connectivity index (χ3n) is 3.79. The molecule has 1 aromatic carbocycles. The highest BCUT2D eigenvalue weighted by Crippen LogP contribution is 2.36. The molecule has 1 aromatic rings. The van der Waals surface area contributed by atoms with E-state index in [9.17, 15) is 26.7 Å². The quantitative estimate of drug-likeness (QED) is 0.807. The molecule has 0 aromatic heterocycles. The Morgan fingerprint density at radius 2 is 2.00 bits per heavy atom. The number of fused-ring (bicyclic) bond motifs is 1. The zero-order chi connectivity index (χ0) is 15.4. The Labute approximate surface area is 116 Å². The van der Waals surface area contributed by atoms with E-state index in [1.165, 1.54) is 4.90 Å². The first-order valence-corrected chi connectivity index (χ1v) is 6.40. The van der Waals surface area contributed by atoms with Crippen molar-refractivity contribution in [3.05, 3.63) is 34.9 Å². The van der Waals surface area contributed by atoms with E-state index in [2.05, 4.69) is 5.32 Å². The average Bonchev–Trinajstić information content (AvgIpc) is 3.15. The highest BCUT2D eigenvalue weighted by atomic mass is 19.4. The van der Waals surface area contributed by atoms with Crippen molar-refractivity contribution < 1.29 is 26.7 Å². The summed E-state index contributed by atoms with van der Waals surface area (Å²) in [7, 11) is 0. The number of nitrogens with zero attached hydrogens (tertiary/aromatic N) is 1. The molecule has 2 aliphatic rings. The van der Waals surface area contributed by atoms with Crippen LogP contribution in [0.4, 0.5) is 22.0 Å². The van der Waals surface area contributed by atoms with Crippen molar-refractivity contribution in [2.75, 3.05) is 13.1 Å². The Hall–Kier alpha value is -1.70. The van der Waals surface area contributed by atoms with E-state index in [0.717, 1.165) is 0 Å². The molecule has 3 nitrogen and oxygen atoms in total. The van der Waals surface area contributed by atoms with E-state index in [0.29, 0.717) is 25.1 Å². The Kier molecular flexibility index (Phi) is 3.16. The molecule has 1 aliphatic heterocycles. The molecule has 0 bridgehead atoms. The van der Waals surface area contributed by atoms with Crippen LogP contribution in [0, 0.1) is 11.6 Å². The van der Waals surface area contributed by atoms with Gasteiger partial charge in [0, 0.05) is 25.2 Å². The number of hydrogen-bond donors (Lipinski definition) is 1. The van der Waals surface area contributed by atoms with Crippen molar-refractivity contribution in [2.45, 2.75) is 24.7 Å². The lowest BCUT2D eigenvalue weighted by Crippen LogP contribution is -2.47. The number of piperazine rings is 1. The van der Waals surface area contributed by atoms with Gasteiger partial charge in [-0.25, -0.2) is 8.78 Å². The number of amides is 1. The molecule has 1 aliphatic carbocycles. The van der Waals surface area contributed by atoms with E-state index in [1.54, 1.807) is 0 Å². The maximum Gasteiger partial charge on any atom is 0.419 e. The summed E-state index contributed by atoms with van der Waals surface area (Å²) in [6.45, 7) is 0.671. The van der Waals surface area contributed by atoms with Crippen molar-refractivity contribution in [3.8, 4) is 0 Å². The molecule has 1 amide bonds. The Morgan fingerprint density at radius 3 is 2.67 bits per heavy atom. The summed E-state index contributed by atoms with van der Waals surface area (Å²) in [5.41, 5.74) is -2.76. The number of hydrogen-bond acceptors (Lipinski definition) is 2. The van der Waals surface area contributed by atoms with Gasteiger partial charge in [0.15, 0.2) is 5.82 Å². The molecule has 0 spiro atoms. The Balaban J connectivity index is 1.99. The summed E-state index contributed by atoms with van der Waals surface area (Å²) in [6, 6.07) is 0.657. The van der Waals surface area contributed by atoms with E-state index >= 15 is 0 Å². The van der Waals surface area contributed by atoms with Crippen molar-refractivity contribution in [1.29, 1.82) is 0 Å². The number of alkyl halides is 3. The molecule has 21 heavy (non-hydrogen) atoms. The number of benzene rings is 1. The van der Waals surface area contributed by atoms with Crippen LogP contribution in [0.1, 0.15) is 22.3 Å². The molecule has 1 saturated heterocycles. The van der Waals surface area contributed by atoms with Crippen molar-refractivity contribution >= 4 is 5.91 Å². The largest absolute Gasteiger partial charge is 0.419 e. The maximum absolute atomic E-state index is 14.0. The van der Waals surface area contributed by atoms with Crippen molar-refractivity contribution in [3.63, 3.8) is 0 Å². The molecular formula is C13H11F5N2O. The molecule has 2 fully saturated rings. The number of carbonyl (C=O) groups excluding carboxylic acids is 1. The van der Waals surface area contributed by atoms with Crippen LogP contribution < -0.4 is 5.32 Å². The van der Waals surface area contributed by atoms with Gasteiger partial charge in [0.2, 0.25) is 0 Å². The first-order valence-electron chi connectivity index (χ1n) is 6.40. The highest BCUT2D eigenvalue weighted by molar-refractivity contribution is 5.95. The smallest absolute Gasteiger partial charge is 0.333 e. The van der Waals surface area contributed by atoms with Crippen molar-refractivity contribution in [2.24, 2.45) is 0 Å². The van der Waals surface area contributed by atoms with Crippen LogP contribution in [0.15, 0.2) is 12.1 Å². The first-order chi connectivity index (χ1) is 9.80. The van der Waals surface area contributed by atoms with Gasteiger partial charge < -0.3 is 10.2 Å². The molecule has 8 heteroatoms. The maximum atomic E-state index is 14.0. The lowest BCUT2D eigenvalue weighted by atomic mass is 10.1. The van der Waals surface area contributed by atoms with Crippen LogP contribution in [-0.2, 0) is 6.18 Å². The number of halogens is 5. The van der Waals surface area contributed by atoms with Crippen LogP contribution in [0.25, 0.3) is 0 Å². The molecule has 1 N–H and O–H groups in total. The monoisotopic (exact) mass is 306 g/mol.